The summed E-state index contributed by atoms with van der Waals surface area (Å²) in [5.74, 6) is 1.38. The summed E-state index contributed by atoms with van der Waals surface area (Å²) in [5, 5.41) is 7.81. The molecular weight excluding hydrogens is 228 g/mol. The number of amides is 1. The van der Waals surface area contributed by atoms with Gasteiger partial charge in [0.1, 0.15) is 5.82 Å². The van der Waals surface area contributed by atoms with Gasteiger partial charge in [-0.3, -0.25) is 0 Å². The van der Waals surface area contributed by atoms with Crippen LogP contribution in [0.15, 0.2) is 0 Å². The molecule has 1 aliphatic carbocycles. The van der Waals surface area contributed by atoms with Crippen molar-refractivity contribution >= 4 is 11.8 Å². The predicted octanol–water partition coefficient (Wildman–Crippen LogP) is 2.22. The van der Waals surface area contributed by atoms with Crippen LogP contribution in [-0.4, -0.2) is 22.4 Å². The van der Waals surface area contributed by atoms with Crippen LogP contribution in [0.3, 0.4) is 0 Å². The van der Waals surface area contributed by atoms with Gasteiger partial charge in [0, 0.05) is 18.0 Å². The fourth-order valence-electron chi connectivity index (χ4n) is 3.22. The Morgan fingerprint density at radius 1 is 1.28 bits per heavy atom. The Balaban J connectivity index is 2.05. The summed E-state index contributed by atoms with van der Waals surface area (Å²) in [6, 6.07) is -0.482. The number of anilines is 1. The Bertz CT molecular complexity index is 460. The summed E-state index contributed by atoms with van der Waals surface area (Å²) in [4.78, 5) is 11.5. The van der Waals surface area contributed by atoms with E-state index in [0.29, 0.717) is 5.92 Å². The predicted molar refractivity (Wildman–Crippen MR) is 69.8 cm³/mol. The third-order valence-electron chi connectivity index (χ3n) is 4.11. The molecule has 1 aliphatic heterocycles. The van der Waals surface area contributed by atoms with E-state index in [2.05, 4.69) is 10.4 Å². The van der Waals surface area contributed by atoms with E-state index in [9.17, 15) is 4.79 Å². The molecule has 1 amide bonds. The van der Waals surface area contributed by atoms with Crippen LogP contribution >= 0.6 is 0 Å². The molecule has 18 heavy (non-hydrogen) atoms. The molecule has 0 bridgehead atoms. The van der Waals surface area contributed by atoms with Crippen molar-refractivity contribution in [3.63, 3.8) is 0 Å². The van der Waals surface area contributed by atoms with Gasteiger partial charge in [0.05, 0.1) is 5.69 Å². The highest BCUT2D eigenvalue weighted by atomic mass is 16.2. The molecule has 3 rings (SSSR count). The summed E-state index contributed by atoms with van der Waals surface area (Å²) in [6.07, 6.45) is 8.25. The number of carbonyl (C=O) groups is 1. The molecule has 0 saturated heterocycles. The van der Waals surface area contributed by atoms with Crippen molar-refractivity contribution in [1.82, 2.24) is 9.78 Å². The van der Waals surface area contributed by atoms with E-state index < -0.39 is 6.03 Å². The maximum absolute atomic E-state index is 11.5. The van der Waals surface area contributed by atoms with Gasteiger partial charge in [-0.05, 0) is 32.1 Å². The van der Waals surface area contributed by atoms with Crippen molar-refractivity contribution in [1.29, 1.82) is 0 Å². The van der Waals surface area contributed by atoms with E-state index >= 15 is 0 Å². The highest BCUT2D eigenvalue weighted by Gasteiger charge is 2.28. The zero-order valence-corrected chi connectivity index (χ0v) is 10.6. The van der Waals surface area contributed by atoms with Crippen LogP contribution in [0, 0.1) is 0 Å². The number of nitrogens with zero attached hydrogens (tertiary/aromatic N) is 2. The molecule has 0 radical (unpaired) electrons. The molecule has 0 aromatic carbocycles. The second-order valence-corrected chi connectivity index (χ2v) is 5.33. The van der Waals surface area contributed by atoms with Crippen molar-refractivity contribution in [3.8, 4) is 0 Å². The lowest BCUT2D eigenvalue weighted by atomic mass is 9.97. The van der Waals surface area contributed by atoms with E-state index in [1.54, 1.807) is 0 Å². The number of hydrogen-bond donors (Lipinski definition) is 2. The molecule has 0 spiro atoms. The lowest BCUT2D eigenvalue weighted by Crippen LogP contribution is -2.23. The molecule has 0 atom stereocenters. The SMILES string of the molecule is NC(=O)n1nc(C2CCCC2)c2c1NCCCC2. The molecule has 2 aliphatic rings. The van der Waals surface area contributed by atoms with Crippen LogP contribution in [0.2, 0.25) is 0 Å². The third kappa shape index (κ3) is 1.87. The molecule has 98 valence electrons. The highest BCUT2D eigenvalue weighted by Crippen LogP contribution is 2.38. The average molecular weight is 248 g/mol. The van der Waals surface area contributed by atoms with Crippen LogP contribution in [0.25, 0.3) is 0 Å². The first-order valence-electron chi connectivity index (χ1n) is 6.93. The molecule has 3 N–H and O–H groups in total. The topological polar surface area (TPSA) is 72.9 Å². The van der Waals surface area contributed by atoms with E-state index in [0.717, 1.165) is 37.3 Å². The smallest absolute Gasteiger partial charge is 0.341 e. The Hall–Kier alpha value is -1.52. The summed E-state index contributed by atoms with van der Waals surface area (Å²) < 4.78 is 1.37. The van der Waals surface area contributed by atoms with Gasteiger partial charge in [0.15, 0.2) is 0 Å². The van der Waals surface area contributed by atoms with Crippen molar-refractivity contribution in [2.45, 2.75) is 50.9 Å². The fraction of sp³-hybridized carbons (Fsp3) is 0.692. The Kier molecular flexibility index (Phi) is 2.97. The summed E-state index contributed by atoms with van der Waals surface area (Å²) in [7, 11) is 0. The molecule has 0 unspecified atom stereocenters. The highest BCUT2D eigenvalue weighted by molar-refractivity contribution is 5.79. The Labute approximate surface area is 107 Å². The number of hydrogen-bond acceptors (Lipinski definition) is 3. The van der Waals surface area contributed by atoms with Gasteiger partial charge in [-0.2, -0.15) is 9.78 Å². The quantitative estimate of drug-likeness (QED) is 0.800. The third-order valence-corrected chi connectivity index (χ3v) is 4.11. The molecule has 2 heterocycles. The molecule has 5 heteroatoms. The van der Waals surface area contributed by atoms with Crippen LogP contribution in [0.1, 0.15) is 55.7 Å². The second-order valence-electron chi connectivity index (χ2n) is 5.33. The first-order chi connectivity index (χ1) is 8.77. The molecular formula is C13H20N4O. The number of rotatable bonds is 1. The minimum absolute atomic E-state index is 0.482. The zero-order chi connectivity index (χ0) is 12.5. The Morgan fingerprint density at radius 3 is 2.78 bits per heavy atom. The Morgan fingerprint density at radius 2 is 2.06 bits per heavy atom. The van der Waals surface area contributed by atoms with E-state index in [1.807, 2.05) is 0 Å². The van der Waals surface area contributed by atoms with Crippen molar-refractivity contribution < 1.29 is 4.79 Å². The normalized spacial score (nSPS) is 20.2. The van der Waals surface area contributed by atoms with Gasteiger partial charge < -0.3 is 11.1 Å². The molecule has 5 nitrogen and oxygen atoms in total. The first kappa shape index (κ1) is 11.6. The number of carbonyl (C=O) groups excluding carboxylic acids is 1. The van der Waals surface area contributed by atoms with Gasteiger partial charge in [-0.1, -0.05) is 12.8 Å². The van der Waals surface area contributed by atoms with Gasteiger partial charge in [-0.25, -0.2) is 4.79 Å². The van der Waals surface area contributed by atoms with E-state index in [-0.39, 0.29) is 0 Å². The fourth-order valence-corrected chi connectivity index (χ4v) is 3.22. The number of nitrogens with one attached hydrogen (secondary N) is 1. The molecule has 1 saturated carbocycles. The lowest BCUT2D eigenvalue weighted by molar-refractivity contribution is 0.248. The number of nitrogens with two attached hydrogens (primary N) is 1. The van der Waals surface area contributed by atoms with Gasteiger partial charge in [0.2, 0.25) is 0 Å². The van der Waals surface area contributed by atoms with E-state index in [4.69, 9.17) is 5.73 Å². The van der Waals surface area contributed by atoms with Crippen molar-refractivity contribution in [2.24, 2.45) is 5.73 Å². The number of fused-ring (bicyclic) bond motifs is 1. The van der Waals surface area contributed by atoms with Gasteiger partial charge >= 0.3 is 6.03 Å². The van der Waals surface area contributed by atoms with Gasteiger partial charge in [0.25, 0.3) is 0 Å². The number of aromatic nitrogens is 2. The van der Waals surface area contributed by atoms with Gasteiger partial charge in [-0.15, -0.1) is 0 Å². The standard InChI is InChI=1S/C13H20N4O/c14-13(18)17-12-10(7-3-4-8-15-12)11(16-17)9-5-1-2-6-9/h9,15H,1-8H2,(H2,14,18). The zero-order valence-electron chi connectivity index (χ0n) is 10.6. The average Bonchev–Trinajstić information content (AvgIpc) is 2.91. The number of primary amides is 1. The van der Waals surface area contributed by atoms with Crippen LogP contribution < -0.4 is 11.1 Å². The monoisotopic (exact) mass is 248 g/mol. The summed E-state index contributed by atoms with van der Waals surface area (Å²) in [6.45, 7) is 0.899. The maximum atomic E-state index is 11.5. The second kappa shape index (κ2) is 4.63. The molecule has 1 aromatic heterocycles. The summed E-state index contributed by atoms with van der Waals surface area (Å²) in [5.41, 5.74) is 7.78. The lowest BCUT2D eigenvalue weighted by Gasteiger charge is -2.08. The van der Waals surface area contributed by atoms with Crippen molar-refractivity contribution in [3.05, 3.63) is 11.3 Å². The molecule has 1 aromatic rings. The van der Waals surface area contributed by atoms with Crippen LogP contribution in [0.5, 0.6) is 0 Å². The van der Waals surface area contributed by atoms with Crippen LogP contribution in [-0.2, 0) is 6.42 Å². The molecule has 1 fully saturated rings. The van der Waals surface area contributed by atoms with E-state index in [1.165, 1.54) is 35.9 Å². The first-order valence-corrected chi connectivity index (χ1v) is 6.93. The minimum atomic E-state index is -0.482. The van der Waals surface area contributed by atoms with Crippen LogP contribution in [0.4, 0.5) is 10.6 Å². The largest absolute Gasteiger partial charge is 0.370 e. The maximum Gasteiger partial charge on any atom is 0.341 e. The minimum Gasteiger partial charge on any atom is -0.370 e. The van der Waals surface area contributed by atoms with Crippen molar-refractivity contribution in [2.75, 3.05) is 11.9 Å². The summed E-state index contributed by atoms with van der Waals surface area (Å²) >= 11 is 0.